The molecule has 1 atom stereocenters. The van der Waals surface area contributed by atoms with Gasteiger partial charge in [-0.05, 0) is 50.1 Å². The summed E-state index contributed by atoms with van der Waals surface area (Å²) in [7, 11) is 0. The number of urea groups is 1. The highest BCUT2D eigenvalue weighted by molar-refractivity contribution is 5.90. The summed E-state index contributed by atoms with van der Waals surface area (Å²) in [4.78, 5) is 18.8. The van der Waals surface area contributed by atoms with Gasteiger partial charge in [-0.15, -0.1) is 0 Å². The van der Waals surface area contributed by atoms with Crippen molar-refractivity contribution in [2.24, 2.45) is 0 Å². The molecule has 2 N–H and O–H groups in total. The van der Waals surface area contributed by atoms with Crippen LogP contribution in [0.5, 0.6) is 0 Å². The Kier molecular flexibility index (Phi) is 4.76. The lowest BCUT2D eigenvalue weighted by Gasteiger charge is -2.19. The lowest BCUT2D eigenvalue weighted by atomic mass is 10.2. The quantitative estimate of drug-likeness (QED) is 0.907. The van der Waals surface area contributed by atoms with Crippen LogP contribution in [0.4, 0.5) is 16.2 Å². The van der Waals surface area contributed by atoms with E-state index in [0.717, 1.165) is 30.2 Å². The second-order valence-corrected chi connectivity index (χ2v) is 5.82. The number of benzene rings is 1. The largest absolute Gasteiger partial charge is 0.371 e. The third-order valence-corrected chi connectivity index (χ3v) is 4.05. The molecule has 0 aliphatic carbocycles. The highest BCUT2D eigenvalue weighted by Gasteiger charge is 2.14. The van der Waals surface area contributed by atoms with Crippen LogP contribution in [0.2, 0.25) is 0 Å². The molecule has 1 saturated heterocycles. The van der Waals surface area contributed by atoms with Gasteiger partial charge in [0.25, 0.3) is 0 Å². The first-order valence-electron chi connectivity index (χ1n) is 8.06. The van der Waals surface area contributed by atoms with Crippen molar-refractivity contribution >= 4 is 17.4 Å². The zero-order chi connectivity index (χ0) is 16.1. The molecule has 1 unspecified atom stereocenters. The molecule has 5 heteroatoms. The molecule has 3 rings (SSSR count). The van der Waals surface area contributed by atoms with Crippen LogP contribution in [-0.4, -0.2) is 24.1 Å². The second kappa shape index (κ2) is 7.13. The number of anilines is 2. The average molecular weight is 310 g/mol. The lowest BCUT2D eigenvalue weighted by Crippen LogP contribution is -2.31. The van der Waals surface area contributed by atoms with E-state index in [-0.39, 0.29) is 12.1 Å². The maximum atomic E-state index is 12.2. The molecule has 1 aliphatic heterocycles. The van der Waals surface area contributed by atoms with E-state index in [4.69, 9.17) is 0 Å². The number of hydrogen-bond acceptors (Lipinski definition) is 3. The molecule has 0 spiro atoms. The first-order chi connectivity index (χ1) is 11.2. The zero-order valence-electron chi connectivity index (χ0n) is 13.3. The fourth-order valence-corrected chi connectivity index (χ4v) is 2.83. The molecule has 1 aromatic carbocycles. The molecule has 1 fully saturated rings. The minimum atomic E-state index is -0.221. The van der Waals surface area contributed by atoms with Gasteiger partial charge in [0.1, 0.15) is 0 Å². The van der Waals surface area contributed by atoms with Crippen molar-refractivity contribution in [2.45, 2.75) is 25.8 Å². The summed E-state index contributed by atoms with van der Waals surface area (Å²) in [6, 6.07) is 13.3. The van der Waals surface area contributed by atoms with Crippen LogP contribution >= 0.6 is 0 Å². The number of amides is 2. The molecule has 2 heterocycles. The minimum absolute atomic E-state index is 0.141. The van der Waals surface area contributed by atoms with Crippen LogP contribution in [0.1, 0.15) is 31.5 Å². The smallest absolute Gasteiger partial charge is 0.319 e. The lowest BCUT2D eigenvalue weighted by molar-refractivity contribution is 0.249. The molecular weight excluding hydrogens is 288 g/mol. The molecule has 0 radical (unpaired) electrons. The Morgan fingerprint density at radius 1 is 1.17 bits per heavy atom. The number of rotatable bonds is 4. The van der Waals surface area contributed by atoms with Crippen molar-refractivity contribution in [1.29, 1.82) is 0 Å². The van der Waals surface area contributed by atoms with Crippen molar-refractivity contribution in [3.63, 3.8) is 0 Å². The van der Waals surface area contributed by atoms with E-state index in [1.165, 1.54) is 12.8 Å². The minimum Gasteiger partial charge on any atom is -0.371 e. The summed E-state index contributed by atoms with van der Waals surface area (Å²) in [5.41, 5.74) is 2.81. The number of nitrogens with zero attached hydrogens (tertiary/aromatic N) is 2. The van der Waals surface area contributed by atoms with Crippen LogP contribution in [0.15, 0.2) is 48.7 Å². The van der Waals surface area contributed by atoms with Gasteiger partial charge in [-0.2, -0.15) is 0 Å². The van der Waals surface area contributed by atoms with Crippen molar-refractivity contribution in [2.75, 3.05) is 23.3 Å². The summed E-state index contributed by atoms with van der Waals surface area (Å²) in [6.07, 6.45) is 4.20. The van der Waals surface area contributed by atoms with Gasteiger partial charge in [0.15, 0.2) is 0 Å². The summed E-state index contributed by atoms with van der Waals surface area (Å²) < 4.78 is 0. The van der Waals surface area contributed by atoms with E-state index in [1.54, 1.807) is 6.20 Å². The number of hydrogen-bond donors (Lipinski definition) is 2. The van der Waals surface area contributed by atoms with Crippen molar-refractivity contribution in [3.05, 3.63) is 54.4 Å². The Hall–Kier alpha value is -2.56. The molecule has 0 bridgehead atoms. The van der Waals surface area contributed by atoms with Gasteiger partial charge in [-0.3, -0.25) is 4.98 Å². The van der Waals surface area contributed by atoms with Crippen LogP contribution in [0.25, 0.3) is 0 Å². The van der Waals surface area contributed by atoms with E-state index in [1.807, 2.05) is 43.3 Å². The predicted octanol–water partition coefficient (Wildman–Crippen LogP) is 3.56. The molecule has 2 amide bonds. The van der Waals surface area contributed by atoms with Crippen LogP contribution < -0.4 is 15.5 Å². The van der Waals surface area contributed by atoms with E-state index in [0.29, 0.717) is 0 Å². The first kappa shape index (κ1) is 15.3. The summed E-state index contributed by atoms with van der Waals surface area (Å²) in [6.45, 7) is 4.10. The summed E-state index contributed by atoms with van der Waals surface area (Å²) in [5, 5.41) is 5.81. The SMILES string of the molecule is CC(NC(=O)Nc1cccc(N2CCCC2)c1)c1ccccn1. The average Bonchev–Trinajstić information content (AvgIpc) is 3.10. The Balaban J connectivity index is 1.60. The van der Waals surface area contributed by atoms with Gasteiger partial charge in [0.2, 0.25) is 0 Å². The number of nitrogens with one attached hydrogen (secondary N) is 2. The summed E-state index contributed by atoms with van der Waals surface area (Å²) in [5.74, 6) is 0. The monoisotopic (exact) mass is 310 g/mol. The van der Waals surface area contributed by atoms with E-state index in [9.17, 15) is 4.79 Å². The number of pyridine rings is 1. The standard InChI is InChI=1S/C18H22N4O/c1-14(17-9-2-3-10-19-17)20-18(23)21-15-7-6-8-16(13-15)22-11-4-5-12-22/h2-3,6-10,13-14H,4-5,11-12H2,1H3,(H2,20,21,23). The Morgan fingerprint density at radius 2 is 2.00 bits per heavy atom. The van der Waals surface area contributed by atoms with Gasteiger partial charge >= 0.3 is 6.03 Å². The van der Waals surface area contributed by atoms with Crippen molar-refractivity contribution < 1.29 is 4.79 Å². The highest BCUT2D eigenvalue weighted by atomic mass is 16.2. The number of carbonyl (C=O) groups excluding carboxylic acids is 1. The van der Waals surface area contributed by atoms with Gasteiger partial charge < -0.3 is 15.5 Å². The van der Waals surface area contributed by atoms with Crippen LogP contribution in [0.3, 0.4) is 0 Å². The zero-order valence-corrected chi connectivity index (χ0v) is 13.3. The molecule has 2 aromatic rings. The predicted molar refractivity (Wildman–Crippen MR) is 92.7 cm³/mol. The maximum absolute atomic E-state index is 12.2. The second-order valence-electron chi connectivity index (χ2n) is 5.82. The van der Waals surface area contributed by atoms with Gasteiger partial charge in [0.05, 0.1) is 11.7 Å². The topological polar surface area (TPSA) is 57.3 Å². The summed E-state index contributed by atoms with van der Waals surface area (Å²) >= 11 is 0. The van der Waals surface area contributed by atoms with E-state index < -0.39 is 0 Å². The fraction of sp³-hybridized carbons (Fsp3) is 0.333. The Labute approximate surface area is 136 Å². The molecule has 5 nitrogen and oxygen atoms in total. The van der Waals surface area contributed by atoms with Gasteiger partial charge in [-0.1, -0.05) is 12.1 Å². The van der Waals surface area contributed by atoms with Crippen LogP contribution in [0, 0.1) is 0 Å². The highest BCUT2D eigenvalue weighted by Crippen LogP contribution is 2.23. The molecule has 0 saturated carbocycles. The Bertz CT molecular complexity index is 653. The Morgan fingerprint density at radius 3 is 2.74 bits per heavy atom. The van der Waals surface area contributed by atoms with E-state index in [2.05, 4.69) is 26.6 Å². The number of carbonyl (C=O) groups is 1. The van der Waals surface area contributed by atoms with E-state index >= 15 is 0 Å². The van der Waals surface area contributed by atoms with Gasteiger partial charge in [-0.25, -0.2) is 4.79 Å². The molecule has 23 heavy (non-hydrogen) atoms. The first-order valence-corrected chi connectivity index (χ1v) is 8.06. The number of aromatic nitrogens is 1. The molecule has 120 valence electrons. The third-order valence-electron chi connectivity index (χ3n) is 4.05. The third kappa shape index (κ3) is 4.00. The van der Waals surface area contributed by atoms with Gasteiger partial charge in [0, 0.05) is 30.7 Å². The maximum Gasteiger partial charge on any atom is 0.319 e. The fourth-order valence-electron chi connectivity index (χ4n) is 2.83. The van der Waals surface area contributed by atoms with Crippen LogP contribution in [-0.2, 0) is 0 Å². The normalized spacial score (nSPS) is 15.3. The van der Waals surface area contributed by atoms with Crippen molar-refractivity contribution in [3.8, 4) is 0 Å². The molecule has 1 aliphatic rings. The molecular formula is C18H22N4O. The molecule has 1 aromatic heterocycles. The van der Waals surface area contributed by atoms with Crippen molar-refractivity contribution in [1.82, 2.24) is 10.3 Å².